The summed E-state index contributed by atoms with van der Waals surface area (Å²) in [6.45, 7) is 10.9. The van der Waals surface area contributed by atoms with Crippen LogP contribution in [-0.4, -0.2) is 81.9 Å². The molecular formula is C21H29N5O3S. The molecule has 1 saturated heterocycles. The Morgan fingerprint density at radius 1 is 1.10 bits per heavy atom. The zero-order valence-corrected chi connectivity index (χ0v) is 18.8. The Morgan fingerprint density at radius 3 is 2.47 bits per heavy atom. The molecular weight excluding hydrogens is 402 g/mol. The van der Waals surface area contributed by atoms with E-state index in [4.69, 9.17) is 0 Å². The molecule has 30 heavy (non-hydrogen) atoms. The lowest BCUT2D eigenvalue weighted by Gasteiger charge is -2.35. The quantitative estimate of drug-likeness (QED) is 0.714. The highest BCUT2D eigenvalue weighted by atomic mass is 32.1. The molecule has 162 valence electrons. The summed E-state index contributed by atoms with van der Waals surface area (Å²) in [6, 6.07) is 0. The molecule has 0 aromatic carbocycles. The van der Waals surface area contributed by atoms with Crippen LogP contribution in [0.1, 0.15) is 41.3 Å². The van der Waals surface area contributed by atoms with Crippen molar-refractivity contribution in [1.29, 1.82) is 0 Å². The number of thiophene rings is 1. The third-order valence-electron chi connectivity index (χ3n) is 6.24. The van der Waals surface area contributed by atoms with Gasteiger partial charge in [-0.2, -0.15) is 0 Å². The second kappa shape index (κ2) is 8.47. The molecule has 0 N–H and O–H groups in total. The highest BCUT2D eigenvalue weighted by Gasteiger charge is 2.28. The lowest BCUT2D eigenvalue weighted by Crippen LogP contribution is -2.51. The van der Waals surface area contributed by atoms with Crippen molar-refractivity contribution in [3.05, 3.63) is 26.6 Å². The van der Waals surface area contributed by atoms with Gasteiger partial charge in [-0.3, -0.25) is 23.9 Å². The smallest absolute Gasteiger partial charge is 0.264 e. The average molecular weight is 432 g/mol. The summed E-state index contributed by atoms with van der Waals surface area (Å²) in [5.74, 6) is 0.939. The summed E-state index contributed by atoms with van der Waals surface area (Å²) in [7, 11) is 0. The van der Waals surface area contributed by atoms with Crippen LogP contribution in [0, 0.1) is 6.92 Å². The predicted molar refractivity (Wildman–Crippen MR) is 117 cm³/mol. The van der Waals surface area contributed by atoms with Gasteiger partial charge in [0.1, 0.15) is 10.7 Å². The number of rotatable bonds is 5. The minimum Gasteiger partial charge on any atom is -0.342 e. The van der Waals surface area contributed by atoms with Crippen molar-refractivity contribution in [2.75, 3.05) is 45.8 Å². The number of aryl methyl sites for hydroxylation is 2. The molecule has 0 saturated carbocycles. The molecule has 0 atom stereocenters. The fourth-order valence-corrected chi connectivity index (χ4v) is 5.56. The molecule has 0 spiro atoms. The number of piperazine rings is 1. The number of hydrogen-bond acceptors (Lipinski definition) is 6. The van der Waals surface area contributed by atoms with Crippen LogP contribution in [0.15, 0.2) is 4.79 Å². The fraction of sp³-hybridized carbons (Fsp3) is 0.619. The maximum Gasteiger partial charge on any atom is 0.264 e. The SMILES string of the molecule is CCN(CC)C(=O)CN1CCN(C(=O)c2sc3nc4n(c(=O)c3c2C)CCC4)CC1. The van der Waals surface area contributed by atoms with E-state index in [9.17, 15) is 14.4 Å². The van der Waals surface area contributed by atoms with Crippen LogP contribution in [-0.2, 0) is 17.8 Å². The molecule has 2 aromatic heterocycles. The number of aromatic nitrogens is 2. The molecule has 2 amide bonds. The Hall–Kier alpha value is -2.26. The van der Waals surface area contributed by atoms with Gasteiger partial charge in [0, 0.05) is 52.2 Å². The number of amides is 2. The van der Waals surface area contributed by atoms with Gasteiger partial charge in [-0.05, 0) is 32.8 Å². The van der Waals surface area contributed by atoms with Crippen molar-refractivity contribution in [1.82, 2.24) is 24.3 Å². The maximum atomic E-state index is 13.2. The average Bonchev–Trinajstić information content (AvgIpc) is 3.34. The van der Waals surface area contributed by atoms with Crippen LogP contribution in [0.4, 0.5) is 0 Å². The lowest BCUT2D eigenvalue weighted by molar-refractivity contribution is -0.132. The minimum absolute atomic E-state index is 0.0139. The van der Waals surface area contributed by atoms with Gasteiger partial charge in [0.05, 0.1) is 16.8 Å². The number of hydrogen-bond donors (Lipinski definition) is 0. The monoisotopic (exact) mass is 431 g/mol. The first-order valence-electron chi connectivity index (χ1n) is 10.8. The van der Waals surface area contributed by atoms with E-state index in [1.807, 2.05) is 30.6 Å². The Labute approximate surface area is 180 Å². The molecule has 4 rings (SSSR count). The van der Waals surface area contributed by atoms with Crippen LogP contribution >= 0.6 is 11.3 Å². The normalized spacial score (nSPS) is 16.8. The molecule has 0 bridgehead atoms. The molecule has 0 aliphatic carbocycles. The topological polar surface area (TPSA) is 78.8 Å². The molecule has 9 heteroatoms. The highest BCUT2D eigenvalue weighted by molar-refractivity contribution is 7.20. The number of carbonyl (C=O) groups is 2. The van der Waals surface area contributed by atoms with E-state index in [1.165, 1.54) is 11.3 Å². The Kier molecular flexibility index (Phi) is 5.92. The van der Waals surface area contributed by atoms with Crippen molar-refractivity contribution < 1.29 is 9.59 Å². The first kappa shape index (κ1) is 21.0. The molecule has 2 aromatic rings. The molecule has 2 aliphatic rings. The summed E-state index contributed by atoms with van der Waals surface area (Å²) in [5.41, 5.74) is 0.735. The van der Waals surface area contributed by atoms with Crippen LogP contribution in [0.3, 0.4) is 0 Å². The van der Waals surface area contributed by atoms with Gasteiger partial charge >= 0.3 is 0 Å². The van der Waals surface area contributed by atoms with Crippen LogP contribution in [0.25, 0.3) is 10.2 Å². The Balaban J connectivity index is 1.47. The Morgan fingerprint density at radius 2 is 1.80 bits per heavy atom. The van der Waals surface area contributed by atoms with E-state index in [0.29, 0.717) is 54.4 Å². The van der Waals surface area contributed by atoms with Crippen molar-refractivity contribution in [3.8, 4) is 0 Å². The molecule has 1 fully saturated rings. The number of likely N-dealkylation sites (N-methyl/N-ethyl adjacent to an activating group) is 1. The first-order valence-corrected chi connectivity index (χ1v) is 11.6. The summed E-state index contributed by atoms with van der Waals surface area (Å²) in [6.07, 6.45) is 1.77. The van der Waals surface area contributed by atoms with E-state index in [1.54, 1.807) is 4.57 Å². The highest BCUT2D eigenvalue weighted by Crippen LogP contribution is 2.29. The van der Waals surface area contributed by atoms with E-state index in [-0.39, 0.29) is 17.4 Å². The van der Waals surface area contributed by atoms with Crippen molar-refractivity contribution in [3.63, 3.8) is 0 Å². The number of carbonyl (C=O) groups excluding carboxylic acids is 2. The third-order valence-corrected chi connectivity index (χ3v) is 7.41. The fourth-order valence-electron chi connectivity index (χ4n) is 4.40. The van der Waals surface area contributed by atoms with Gasteiger partial charge in [0.25, 0.3) is 11.5 Å². The summed E-state index contributed by atoms with van der Waals surface area (Å²) < 4.78 is 1.75. The summed E-state index contributed by atoms with van der Waals surface area (Å²) in [5, 5.41) is 0.595. The number of nitrogens with zero attached hydrogens (tertiary/aromatic N) is 5. The molecule has 4 heterocycles. The van der Waals surface area contributed by atoms with Gasteiger partial charge < -0.3 is 9.80 Å². The van der Waals surface area contributed by atoms with Gasteiger partial charge in [-0.1, -0.05) is 0 Å². The lowest BCUT2D eigenvalue weighted by atomic mass is 10.2. The second-order valence-electron chi connectivity index (χ2n) is 7.96. The molecule has 2 aliphatic heterocycles. The second-order valence-corrected chi connectivity index (χ2v) is 8.96. The van der Waals surface area contributed by atoms with Gasteiger partial charge in [0.2, 0.25) is 5.91 Å². The zero-order valence-electron chi connectivity index (χ0n) is 17.9. The third kappa shape index (κ3) is 3.65. The van der Waals surface area contributed by atoms with Crippen molar-refractivity contribution in [2.24, 2.45) is 0 Å². The predicted octanol–water partition coefficient (Wildman–Crippen LogP) is 1.34. The minimum atomic E-state index is -0.0326. The summed E-state index contributed by atoms with van der Waals surface area (Å²) in [4.78, 5) is 50.1. The molecule has 0 unspecified atom stereocenters. The van der Waals surface area contributed by atoms with E-state index >= 15 is 0 Å². The standard InChI is InChI=1S/C21H29N5O3S/c1-4-24(5-2)16(27)13-23-9-11-25(12-10-23)21(29)18-14(3)17-19(30-18)22-15-7-6-8-26(15)20(17)28/h4-13H2,1-3H3. The van der Waals surface area contributed by atoms with Crippen LogP contribution in [0.2, 0.25) is 0 Å². The van der Waals surface area contributed by atoms with Gasteiger partial charge in [-0.25, -0.2) is 4.98 Å². The van der Waals surface area contributed by atoms with Crippen molar-refractivity contribution >= 4 is 33.4 Å². The Bertz CT molecular complexity index is 1030. The first-order chi connectivity index (χ1) is 14.4. The molecule has 8 nitrogen and oxygen atoms in total. The number of fused-ring (bicyclic) bond motifs is 2. The van der Waals surface area contributed by atoms with E-state index in [0.717, 1.165) is 37.3 Å². The van der Waals surface area contributed by atoms with Crippen LogP contribution in [0.5, 0.6) is 0 Å². The van der Waals surface area contributed by atoms with E-state index in [2.05, 4.69) is 9.88 Å². The van der Waals surface area contributed by atoms with Gasteiger partial charge in [-0.15, -0.1) is 11.3 Å². The van der Waals surface area contributed by atoms with Crippen molar-refractivity contribution in [2.45, 2.75) is 40.2 Å². The molecule has 0 radical (unpaired) electrons. The maximum absolute atomic E-state index is 13.2. The largest absolute Gasteiger partial charge is 0.342 e. The van der Waals surface area contributed by atoms with Gasteiger partial charge in [0.15, 0.2) is 0 Å². The van der Waals surface area contributed by atoms with E-state index < -0.39 is 0 Å². The van der Waals surface area contributed by atoms with Crippen LogP contribution < -0.4 is 5.56 Å². The zero-order chi connectivity index (χ0) is 21.4. The summed E-state index contributed by atoms with van der Waals surface area (Å²) >= 11 is 1.34.